The van der Waals surface area contributed by atoms with Crippen molar-refractivity contribution in [3.05, 3.63) is 57.6 Å². The summed E-state index contributed by atoms with van der Waals surface area (Å²) in [6, 6.07) is 10.8. The zero-order valence-electron chi connectivity index (χ0n) is 15.6. The van der Waals surface area contributed by atoms with E-state index in [0.717, 1.165) is 22.0 Å². The van der Waals surface area contributed by atoms with Gasteiger partial charge in [0.15, 0.2) is 6.61 Å². The standard InChI is InChI=1S/C20H23BrN2O4/c1-4-10-26-18-9-8-15(21)11-16(18)20(25)23-22-19(24)12-27-17-7-5-6-13(2)14(17)3/h5-9,11H,4,10,12H2,1-3H3,(H,22,24)(H,23,25). The maximum absolute atomic E-state index is 12.4. The summed E-state index contributed by atoms with van der Waals surface area (Å²) in [6.45, 7) is 6.17. The van der Waals surface area contributed by atoms with E-state index in [1.54, 1.807) is 24.3 Å². The Morgan fingerprint density at radius 1 is 1.04 bits per heavy atom. The molecule has 0 fully saturated rings. The van der Waals surface area contributed by atoms with Crippen LogP contribution in [0.2, 0.25) is 0 Å². The van der Waals surface area contributed by atoms with Gasteiger partial charge in [0, 0.05) is 4.47 Å². The van der Waals surface area contributed by atoms with Gasteiger partial charge in [0.25, 0.3) is 11.8 Å². The first kappa shape index (κ1) is 20.8. The highest BCUT2D eigenvalue weighted by Gasteiger charge is 2.14. The smallest absolute Gasteiger partial charge is 0.276 e. The van der Waals surface area contributed by atoms with E-state index in [2.05, 4.69) is 26.8 Å². The van der Waals surface area contributed by atoms with E-state index in [4.69, 9.17) is 9.47 Å². The lowest BCUT2D eigenvalue weighted by atomic mass is 10.1. The van der Waals surface area contributed by atoms with E-state index in [0.29, 0.717) is 23.7 Å². The molecular weight excluding hydrogens is 412 g/mol. The monoisotopic (exact) mass is 434 g/mol. The van der Waals surface area contributed by atoms with Gasteiger partial charge in [0.05, 0.1) is 12.2 Å². The molecule has 7 heteroatoms. The van der Waals surface area contributed by atoms with Crippen LogP contribution in [0.3, 0.4) is 0 Å². The topological polar surface area (TPSA) is 76.7 Å². The molecule has 2 amide bonds. The van der Waals surface area contributed by atoms with Crippen molar-refractivity contribution in [1.82, 2.24) is 10.9 Å². The van der Waals surface area contributed by atoms with Crippen molar-refractivity contribution >= 4 is 27.7 Å². The summed E-state index contributed by atoms with van der Waals surface area (Å²) < 4.78 is 11.8. The minimum absolute atomic E-state index is 0.206. The number of carbonyl (C=O) groups excluding carboxylic acids is 2. The number of hydrazine groups is 1. The van der Waals surface area contributed by atoms with E-state index in [1.807, 2.05) is 32.9 Å². The van der Waals surface area contributed by atoms with E-state index in [9.17, 15) is 9.59 Å². The highest BCUT2D eigenvalue weighted by Crippen LogP contribution is 2.23. The van der Waals surface area contributed by atoms with Crippen LogP contribution in [0.5, 0.6) is 11.5 Å². The fourth-order valence-corrected chi connectivity index (χ4v) is 2.63. The predicted octanol–water partition coefficient (Wildman–Crippen LogP) is 3.69. The molecule has 0 radical (unpaired) electrons. The first-order valence-corrected chi connectivity index (χ1v) is 9.42. The minimum Gasteiger partial charge on any atom is -0.493 e. The number of carbonyl (C=O) groups is 2. The van der Waals surface area contributed by atoms with Crippen molar-refractivity contribution in [3.8, 4) is 11.5 Å². The summed E-state index contributed by atoms with van der Waals surface area (Å²) in [5, 5.41) is 0. The Balaban J connectivity index is 1.92. The molecule has 27 heavy (non-hydrogen) atoms. The number of nitrogens with one attached hydrogen (secondary N) is 2. The summed E-state index contributed by atoms with van der Waals surface area (Å²) >= 11 is 3.33. The molecule has 0 aliphatic carbocycles. The number of ether oxygens (including phenoxy) is 2. The van der Waals surface area contributed by atoms with Gasteiger partial charge in [-0.15, -0.1) is 0 Å². The Labute approximate surface area is 167 Å². The van der Waals surface area contributed by atoms with Crippen LogP contribution in [0.15, 0.2) is 40.9 Å². The fourth-order valence-electron chi connectivity index (χ4n) is 2.27. The molecule has 144 valence electrons. The third-order valence-electron chi connectivity index (χ3n) is 3.88. The van der Waals surface area contributed by atoms with E-state index in [-0.39, 0.29) is 6.61 Å². The molecule has 2 aromatic rings. The number of hydrogen-bond donors (Lipinski definition) is 2. The van der Waals surface area contributed by atoms with Crippen molar-refractivity contribution in [2.75, 3.05) is 13.2 Å². The number of rotatable bonds is 7. The largest absolute Gasteiger partial charge is 0.493 e. The van der Waals surface area contributed by atoms with Crippen LogP contribution in [0.4, 0.5) is 0 Å². The maximum atomic E-state index is 12.4. The van der Waals surface area contributed by atoms with Crippen LogP contribution in [-0.4, -0.2) is 25.0 Å². The molecule has 0 saturated heterocycles. The molecule has 0 spiro atoms. The third kappa shape index (κ3) is 5.99. The first-order chi connectivity index (χ1) is 12.9. The van der Waals surface area contributed by atoms with Crippen molar-refractivity contribution in [2.45, 2.75) is 27.2 Å². The van der Waals surface area contributed by atoms with Crippen molar-refractivity contribution in [2.24, 2.45) is 0 Å². The molecule has 0 aliphatic heterocycles. The van der Waals surface area contributed by atoms with Crippen molar-refractivity contribution in [3.63, 3.8) is 0 Å². The van der Waals surface area contributed by atoms with Crippen LogP contribution < -0.4 is 20.3 Å². The van der Waals surface area contributed by atoms with Gasteiger partial charge in [0.1, 0.15) is 11.5 Å². The van der Waals surface area contributed by atoms with Gasteiger partial charge in [-0.05, 0) is 55.7 Å². The predicted molar refractivity (Wildman–Crippen MR) is 107 cm³/mol. The Morgan fingerprint density at radius 3 is 2.56 bits per heavy atom. The zero-order chi connectivity index (χ0) is 19.8. The molecule has 0 aliphatic rings. The lowest BCUT2D eigenvalue weighted by Crippen LogP contribution is -2.44. The highest BCUT2D eigenvalue weighted by atomic mass is 79.9. The average molecular weight is 435 g/mol. The lowest BCUT2D eigenvalue weighted by molar-refractivity contribution is -0.123. The van der Waals surface area contributed by atoms with Gasteiger partial charge >= 0.3 is 0 Å². The SMILES string of the molecule is CCCOc1ccc(Br)cc1C(=O)NNC(=O)COc1cccc(C)c1C. The number of halogens is 1. The molecule has 2 rings (SSSR count). The molecule has 0 bridgehead atoms. The third-order valence-corrected chi connectivity index (χ3v) is 4.37. The molecule has 6 nitrogen and oxygen atoms in total. The van der Waals surface area contributed by atoms with Gasteiger partial charge in [0.2, 0.25) is 0 Å². The van der Waals surface area contributed by atoms with Crippen LogP contribution in [-0.2, 0) is 4.79 Å². The summed E-state index contributed by atoms with van der Waals surface area (Å²) in [5.74, 6) is 0.162. The number of benzene rings is 2. The van der Waals surface area contributed by atoms with Gasteiger partial charge in [-0.3, -0.25) is 20.4 Å². The molecule has 0 heterocycles. The Bertz CT molecular complexity index is 824. The second-order valence-corrected chi connectivity index (χ2v) is 6.89. The normalized spacial score (nSPS) is 10.2. The molecule has 0 unspecified atom stereocenters. The molecule has 0 aromatic heterocycles. The average Bonchev–Trinajstić information content (AvgIpc) is 2.66. The van der Waals surface area contributed by atoms with Gasteiger partial charge in [-0.1, -0.05) is 35.0 Å². The van der Waals surface area contributed by atoms with Crippen molar-refractivity contribution in [1.29, 1.82) is 0 Å². The Morgan fingerprint density at radius 2 is 1.81 bits per heavy atom. The van der Waals surface area contributed by atoms with Gasteiger partial charge < -0.3 is 9.47 Å². The Kier molecular flexibility index (Phi) is 7.67. The maximum Gasteiger partial charge on any atom is 0.276 e. The van der Waals surface area contributed by atoms with Gasteiger partial charge in [-0.25, -0.2) is 0 Å². The van der Waals surface area contributed by atoms with Crippen LogP contribution in [0, 0.1) is 13.8 Å². The summed E-state index contributed by atoms with van der Waals surface area (Å²) in [4.78, 5) is 24.4. The van der Waals surface area contributed by atoms with Crippen molar-refractivity contribution < 1.29 is 19.1 Å². The molecule has 2 aromatic carbocycles. The quantitative estimate of drug-likeness (QED) is 0.651. The van der Waals surface area contributed by atoms with Gasteiger partial charge in [-0.2, -0.15) is 0 Å². The fraction of sp³-hybridized carbons (Fsp3) is 0.300. The summed E-state index contributed by atoms with van der Waals surface area (Å²) in [5.41, 5.74) is 7.12. The highest BCUT2D eigenvalue weighted by molar-refractivity contribution is 9.10. The van der Waals surface area contributed by atoms with E-state index in [1.165, 1.54) is 0 Å². The first-order valence-electron chi connectivity index (χ1n) is 8.63. The minimum atomic E-state index is -0.470. The Hall–Kier alpha value is -2.54. The lowest BCUT2D eigenvalue weighted by Gasteiger charge is -2.13. The zero-order valence-corrected chi connectivity index (χ0v) is 17.2. The van der Waals surface area contributed by atoms with Crippen LogP contribution in [0.25, 0.3) is 0 Å². The number of hydrogen-bond acceptors (Lipinski definition) is 4. The molecule has 0 atom stereocenters. The second kappa shape index (κ2) is 9.97. The van der Waals surface area contributed by atoms with Crippen LogP contribution >= 0.6 is 15.9 Å². The summed E-state index contributed by atoms with van der Waals surface area (Å²) in [7, 11) is 0. The van der Waals surface area contributed by atoms with E-state index < -0.39 is 11.8 Å². The summed E-state index contributed by atoms with van der Waals surface area (Å²) in [6.07, 6.45) is 0.823. The van der Waals surface area contributed by atoms with E-state index >= 15 is 0 Å². The molecule has 0 saturated carbocycles. The molecule has 2 N–H and O–H groups in total. The second-order valence-electron chi connectivity index (χ2n) is 5.98. The number of aryl methyl sites for hydroxylation is 1. The van der Waals surface area contributed by atoms with Crippen LogP contribution in [0.1, 0.15) is 34.8 Å². The number of amides is 2. The molecular formula is C20H23BrN2O4.